The van der Waals surface area contributed by atoms with Crippen LogP contribution in [0.3, 0.4) is 0 Å². The number of hydrogen-bond donors (Lipinski definition) is 0. The number of nitrogens with zero attached hydrogens (tertiary/aromatic N) is 3. The van der Waals surface area contributed by atoms with Crippen molar-refractivity contribution >= 4 is 5.69 Å². The highest BCUT2D eigenvalue weighted by Gasteiger charge is 2.37. The van der Waals surface area contributed by atoms with Gasteiger partial charge in [0, 0.05) is 12.1 Å². The van der Waals surface area contributed by atoms with Crippen molar-refractivity contribution in [2.75, 3.05) is 0 Å². The van der Waals surface area contributed by atoms with E-state index in [-0.39, 0.29) is 16.9 Å². The van der Waals surface area contributed by atoms with E-state index in [4.69, 9.17) is 0 Å². The highest BCUT2D eigenvalue weighted by atomic mass is 19.4. The Morgan fingerprint density at radius 3 is 2.32 bits per heavy atom. The zero-order valence-electron chi connectivity index (χ0n) is 9.68. The van der Waals surface area contributed by atoms with E-state index in [1.165, 1.54) is 19.1 Å². The van der Waals surface area contributed by atoms with Crippen molar-refractivity contribution in [3.63, 3.8) is 0 Å². The minimum absolute atomic E-state index is 0.00847. The first kappa shape index (κ1) is 13.1. The molecule has 1 aromatic heterocycles. The van der Waals surface area contributed by atoms with Crippen LogP contribution >= 0.6 is 0 Å². The molecule has 0 amide bonds. The predicted molar refractivity (Wildman–Crippen MR) is 60.0 cm³/mol. The van der Waals surface area contributed by atoms with Gasteiger partial charge in [-0.05, 0) is 24.6 Å². The van der Waals surface area contributed by atoms with Crippen molar-refractivity contribution in [2.24, 2.45) is 0 Å². The zero-order chi connectivity index (χ0) is 14.2. The number of aryl methyl sites for hydroxylation is 1. The lowest BCUT2D eigenvalue weighted by atomic mass is 10.2. The Labute approximate surface area is 105 Å². The minimum Gasteiger partial charge on any atom is -0.258 e. The van der Waals surface area contributed by atoms with Gasteiger partial charge in [-0.1, -0.05) is 0 Å². The summed E-state index contributed by atoms with van der Waals surface area (Å²) in [5.41, 5.74) is -0.973. The Morgan fingerprint density at radius 2 is 1.84 bits per heavy atom. The van der Waals surface area contributed by atoms with Gasteiger partial charge in [0.05, 0.1) is 16.8 Å². The van der Waals surface area contributed by atoms with Gasteiger partial charge in [0.2, 0.25) is 0 Å². The van der Waals surface area contributed by atoms with Crippen LogP contribution < -0.4 is 0 Å². The fraction of sp³-hybridized carbons (Fsp3) is 0.182. The summed E-state index contributed by atoms with van der Waals surface area (Å²) in [6.45, 7) is 1.30. The number of aromatic nitrogens is 2. The molecular formula is C11H8F3N3O2. The zero-order valence-corrected chi connectivity index (χ0v) is 9.68. The van der Waals surface area contributed by atoms with E-state index in [1.807, 2.05) is 0 Å². The SMILES string of the molecule is Cc1cnn(-c2ccc([N+](=O)[O-])cc2)c1C(F)(F)F. The van der Waals surface area contributed by atoms with E-state index >= 15 is 0 Å². The second kappa shape index (κ2) is 4.38. The van der Waals surface area contributed by atoms with Gasteiger partial charge in [-0.3, -0.25) is 10.1 Å². The van der Waals surface area contributed by atoms with E-state index in [2.05, 4.69) is 5.10 Å². The van der Waals surface area contributed by atoms with Gasteiger partial charge in [0.1, 0.15) is 0 Å². The summed E-state index contributed by atoms with van der Waals surface area (Å²) in [6.07, 6.45) is -3.44. The molecule has 8 heteroatoms. The van der Waals surface area contributed by atoms with Crippen LogP contribution in [-0.2, 0) is 6.18 Å². The second-order valence-electron chi connectivity index (χ2n) is 3.86. The van der Waals surface area contributed by atoms with Crippen LogP contribution in [0.2, 0.25) is 0 Å². The van der Waals surface area contributed by atoms with Crippen molar-refractivity contribution in [2.45, 2.75) is 13.1 Å². The summed E-state index contributed by atoms with van der Waals surface area (Å²) in [7, 11) is 0. The molecule has 0 unspecified atom stereocenters. The Hall–Kier alpha value is -2.38. The van der Waals surface area contributed by atoms with Gasteiger partial charge in [0.15, 0.2) is 5.69 Å². The highest BCUT2D eigenvalue weighted by molar-refractivity contribution is 5.42. The van der Waals surface area contributed by atoms with Crippen molar-refractivity contribution < 1.29 is 18.1 Å². The molecule has 2 aromatic rings. The molecule has 1 heterocycles. The van der Waals surface area contributed by atoms with Gasteiger partial charge >= 0.3 is 6.18 Å². The third-order valence-electron chi connectivity index (χ3n) is 2.53. The van der Waals surface area contributed by atoms with Crippen molar-refractivity contribution in [3.05, 3.63) is 51.8 Å². The molecule has 0 spiro atoms. The molecule has 0 N–H and O–H groups in total. The molecule has 5 nitrogen and oxygen atoms in total. The molecule has 0 aliphatic carbocycles. The predicted octanol–water partition coefficient (Wildman–Crippen LogP) is 3.11. The van der Waals surface area contributed by atoms with Gasteiger partial charge in [-0.2, -0.15) is 18.3 Å². The monoisotopic (exact) mass is 271 g/mol. The smallest absolute Gasteiger partial charge is 0.258 e. The van der Waals surface area contributed by atoms with Crippen LogP contribution in [0.25, 0.3) is 5.69 Å². The van der Waals surface area contributed by atoms with E-state index in [9.17, 15) is 23.3 Å². The molecule has 0 fully saturated rings. The van der Waals surface area contributed by atoms with Crippen LogP contribution in [0.15, 0.2) is 30.5 Å². The number of non-ortho nitro benzene ring substituents is 1. The van der Waals surface area contributed by atoms with Crippen molar-refractivity contribution in [1.29, 1.82) is 0 Å². The third-order valence-corrected chi connectivity index (χ3v) is 2.53. The van der Waals surface area contributed by atoms with Crippen LogP contribution in [0.5, 0.6) is 0 Å². The molecule has 0 aliphatic heterocycles. The topological polar surface area (TPSA) is 61.0 Å². The van der Waals surface area contributed by atoms with Crippen molar-refractivity contribution in [1.82, 2.24) is 9.78 Å². The number of nitro benzene ring substituents is 1. The summed E-state index contributed by atoms with van der Waals surface area (Å²) in [5, 5.41) is 14.1. The number of halogens is 3. The summed E-state index contributed by atoms with van der Waals surface area (Å²) in [5.74, 6) is 0. The average molecular weight is 271 g/mol. The quantitative estimate of drug-likeness (QED) is 0.622. The van der Waals surface area contributed by atoms with Gasteiger partial charge in [-0.15, -0.1) is 0 Å². The average Bonchev–Trinajstić information content (AvgIpc) is 2.71. The van der Waals surface area contributed by atoms with Crippen molar-refractivity contribution in [3.8, 4) is 5.69 Å². The maximum absolute atomic E-state index is 12.9. The Kier molecular flexibility index (Phi) is 3.01. The number of nitro groups is 1. The molecule has 0 aliphatic rings. The lowest BCUT2D eigenvalue weighted by Crippen LogP contribution is -2.14. The lowest BCUT2D eigenvalue weighted by molar-refractivity contribution is -0.384. The van der Waals surface area contributed by atoms with Crippen LogP contribution in [-0.4, -0.2) is 14.7 Å². The largest absolute Gasteiger partial charge is 0.433 e. The molecule has 0 radical (unpaired) electrons. The van der Waals surface area contributed by atoms with Gasteiger partial charge in [0.25, 0.3) is 5.69 Å². The molecule has 0 bridgehead atoms. The number of alkyl halides is 3. The fourth-order valence-electron chi connectivity index (χ4n) is 1.69. The van der Waals surface area contributed by atoms with Gasteiger partial charge < -0.3 is 0 Å². The molecular weight excluding hydrogens is 263 g/mol. The molecule has 100 valence electrons. The molecule has 0 saturated carbocycles. The maximum atomic E-state index is 12.9. The highest BCUT2D eigenvalue weighted by Crippen LogP contribution is 2.33. The summed E-state index contributed by atoms with van der Waals surface area (Å²) < 4.78 is 39.3. The molecule has 1 aromatic carbocycles. The van der Waals surface area contributed by atoms with E-state index in [1.54, 1.807) is 0 Å². The number of hydrogen-bond acceptors (Lipinski definition) is 3. The summed E-state index contributed by atoms with van der Waals surface area (Å²) in [4.78, 5) is 9.86. The first-order valence-corrected chi connectivity index (χ1v) is 5.17. The minimum atomic E-state index is -4.54. The van der Waals surface area contributed by atoms with Gasteiger partial charge in [-0.25, -0.2) is 4.68 Å². The number of benzene rings is 1. The number of rotatable bonds is 2. The summed E-state index contributed by atoms with van der Waals surface area (Å²) >= 11 is 0. The van der Waals surface area contributed by atoms with E-state index < -0.39 is 16.8 Å². The molecule has 2 rings (SSSR count). The Morgan fingerprint density at radius 1 is 1.26 bits per heavy atom. The molecule has 0 atom stereocenters. The van der Waals surface area contributed by atoms with E-state index in [0.717, 1.165) is 23.0 Å². The fourth-order valence-corrected chi connectivity index (χ4v) is 1.69. The normalized spacial score (nSPS) is 11.6. The summed E-state index contributed by atoms with van der Waals surface area (Å²) in [6, 6.07) is 4.71. The third kappa shape index (κ3) is 2.42. The maximum Gasteiger partial charge on any atom is 0.433 e. The Bertz CT molecular complexity index is 617. The van der Waals surface area contributed by atoms with E-state index in [0.29, 0.717) is 0 Å². The lowest BCUT2D eigenvalue weighted by Gasteiger charge is -2.11. The first-order chi connectivity index (χ1) is 8.80. The van der Waals surface area contributed by atoms with Crippen LogP contribution in [0.4, 0.5) is 18.9 Å². The molecule has 19 heavy (non-hydrogen) atoms. The first-order valence-electron chi connectivity index (χ1n) is 5.17. The van der Waals surface area contributed by atoms with Crippen LogP contribution in [0, 0.1) is 17.0 Å². The Balaban J connectivity index is 2.51. The molecule has 0 saturated heterocycles. The standard InChI is InChI=1S/C11H8F3N3O2/c1-7-6-15-16(10(7)11(12,13)14)8-2-4-9(5-3-8)17(18)19/h2-6H,1H3. The van der Waals surface area contributed by atoms with Crippen LogP contribution in [0.1, 0.15) is 11.3 Å². The second-order valence-corrected chi connectivity index (χ2v) is 3.86.